The molecular formula is C19H22N4O5. The molecule has 0 bridgehead atoms. The van der Waals surface area contributed by atoms with Crippen molar-refractivity contribution in [3.8, 4) is 0 Å². The lowest BCUT2D eigenvalue weighted by atomic mass is 10.2. The lowest BCUT2D eigenvalue weighted by Crippen LogP contribution is -2.37. The zero-order valence-electron chi connectivity index (χ0n) is 15.8. The zero-order chi connectivity index (χ0) is 19.8. The van der Waals surface area contributed by atoms with Crippen molar-refractivity contribution in [3.05, 3.63) is 56.8 Å². The van der Waals surface area contributed by atoms with Crippen molar-refractivity contribution in [3.63, 3.8) is 0 Å². The Morgan fingerprint density at radius 1 is 1.29 bits per heavy atom. The van der Waals surface area contributed by atoms with Gasteiger partial charge in [-0.15, -0.1) is 0 Å². The third kappa shape index (κ3) is 3.07. The summed E-state index contributed by atoms with van der Waals surface area (Å²) >= 11 is 0. The molecule has 3 aromatic rings. The highest BCUT2D eigenvalue weighted by Crippen LogP contribution is 2.19. The first kappa shape index (κ1) is 18.3. The average Bonchev–Trinajstić information content (AvgIpc) is 3.44. The van der Waals surface area contributed by atoms with Gasteiger partial charge >= 0.3 is 5.69 Å². The van der Waals surface area contributed by atoms with Crippen LogP contribution in [0.15, 0.2) is 38.5 Å². The van der Waals surface area contributed by atoms with Crippen molar-refractivity contribution >= 4 is 16.9 Å². The van der Waals surface area contributed by atoms with Gasteiger partial charge in [-0.3, -0.25) is 18.7 Å². The molecule has 0 aromatic carbocycles. The summed E-state index contributed by atoms with van der Waals surface area (Å²) in [6.45, 7) is 1.33. The molecule has 3 aromatic heterocycles. The van der Waals surface area contributed by atoms with E-state index < -0.39 is 11.2 Å². The Bertz CT molecular complexity index is 1130. The third-order valence-electron chi connectivity index (χ3n) is 5.14. The minimum atomic E-state index is -0.456. The Morgan fingerprint density at radius 2 is 2.11 bits per heavy atom. The molecule has 4 heterocycles. The lowest BCUT2D eigenvalue weighted by molar-refractivity contribution is 0.0850. The second-order valence-corrected chi connectivity index (χ2v) is 6.98. The number of nitrogens with one attached hydrogen (secondary N) is 1. The molecule has 9 nitrogen and oxygen atoms in total. The van der Waals surface area contributed by atoms with Crippen LogP contribution in [0.4, 0.5) is 0 Å². The van der Waals surface area contributed by atoms with Gasteiger partial charge in [-0.05, 0) is 31.0 Å². The number of amides is 1. The third-order valence-corrected chi connectivity index (χ3v) is 5.14. The molecule has 1 saturated heterocycles. The number of hydrogen-bond donors (Lipinski definition) is 1. The quantitative estimate of drug-likeness (QED) is 0.692. The van der Waals surface area contributed by atoms with E-state index in [0.717, 1.165) is 17.4 Å². The number of furan rings is 1. The highest BCUT2D eigenvalue weighted by Gasteiger charge is 2.23. The fraction of sp³-hybridized carbons (Fsp3) is 0.421. The van der Waals surface area contributed by atoms with Gasteiger partial charge in [0.15, 0.2) is 0 Å². The van der Waals surface area contributed by atoms with Crippen LogP contribution in [0.1, 0.15) is 29.1 Å². The molecule has 1 fully saturated rings. The summed E-state index contributed by atoms with van der Waals surface area (Å²) < 4.78 is 15.0. The summed E-state index contributed by atoms with van der Waals surface area (Å²) in [4.78, 5) is 37.9. The maximum atomic E-state index is 12.9. The van der Waals surface area contributed by atoms with E-state index in [1.54, 1.807) is 23.7 Å². The van der Waals surface area contributed by atoms with Crippen LogP contribution < -0.4 is 16.6 Å². The van der Waals surface area contributed by atoms with E-state index in [2.05, 4.69) is 5.32 Å². The van der Waals surface area contributed by atoms with Gasteiger partial charge in [-0.25, -0.2) is 4.79 Å². The van der Waals surface area contributed by atoms with Crippen molar-refractivity contribution in [1.29, 1.82) is 0 Å². The standard InChI is InChI=1S/C19H22N4O5/c1-21-17-14(18(25)22(2)19(21)26)9-15(23(17)11-13-6-4-8-28-13)16(24)20-10-12-5-3-7-27-12/h4,6,8-9,12H,3,5,7,10-11H2,1-2H3,(H,20,24)/t12-/m0/s1. The van der Waals surface area contributed by atoms with Gasteiger partial charge in [0.2, 0.25) is 0 Å². The first-order valence-electron chi connectivity index (χ1n) is 9.19. The van der Waals surface area contributed by atoms with Gasteiger partial charge < -0.3 is 19.0 Å². The Kier molecular flexibility index (Phi) is 4.68. The molecule has 0 spiro atoms. The van der Waals surface area contributed by atoms with Crippen LogP contribution in [-0.2, 0) is 25.4 Å². The molecule has 148 valence electrons. The van der Waals surface area contributed by atoms with E-state index >= 15 is 0 Å². The van der Waals surface area contributed by atoms with E-state index in [9.17, 15) is 14.4 Å². The molecule has 1 N–H and O–H groups in total. The monoisotopic (exact) mass is 386 g/mol. The highest BCUT2D eigenvalue weighted by atomic mass is 16.5. The van der Waals surface area contributed by atoms with Crippen LogP contribution >= 0.6 is 0 Å². The van der Waals surface area contributed by atoms with Crippen LogP contribution in [0.5, 0.6) is 0 Å². The minimum Gasteiger partial charge on any atom is -0.467 e. The van der Waals surface area contributed by atoms with E-state index in [1.165, 1.54) is 23.9 Å². The van der Waals surface area contributed by atoms with Crippen LogP contribution in [-0.4, -0.2) is 38.9 Å². The highest BCUT2D eigenvalue weighted by molar-refractivity contribution is 5.98. The van der Waals surface area contributed by atoms with Crippen LogP contribution in [0.25, 0.3) is 11.0 Å². The minimum absolute atomic E-state index is 0.00378. The molecule has 1 atom stereocenters. The molecule has 4 rings (SSSR count). The maximum Gasteiger partial charge on any atom is 0.332 e. The van der Waals surface area contributed by atoms with Crippen LogP contribution in [0.3, 0.4) is 0 Å². The molecule has 1 aliphatic heterocycles. The Labute approximate surface area is 160 Å². The van der Waals surface area contributed by atoms with E-state index in [0.29, 0.717) is 35.6 Å². The van der Waals surface area contributed by atoms with Gasteiger partial charge in [0.25, 0.3) is 11.5 Å². The first-order valence-corrected chi connectivity index (χ1v) is 9.19. The van der Waals surface area contributed by atoms with Crippen molar-refractivity contribution in [2.24, 2.45) is 14.1 Å². The number of nitrogens with zero attached hydrogens (tertiary/aromatic N) is 3. The van der Waals surface area contributed by atoms with Gasteiger partial charge in [0, 0.05) is 27.2 Å². The molecule has 9 heteroatoms. The van der Waals surface area contributed by atoms with Crippen LogP contribution in [0.2, 0.25) is 0 Å². The number of fused-ring (bicyclic) bond motifs is 1. The summed E-state index contributed by atoms with van der Waals surface area (Å²) in [5.74, 6) is 0.284. The maximum absolute atomic E-state index is 12.9. The molecule has 0 saturated carbocycles. The fourth-order valence-electron chi connectivity index (χ4n) is 3.65. The second kappa shape index (κ2) is 7.16. The molecular weight excluding hydrogens is 364 g/mol. The molecule has 0 radical (unpaired) electrons. The lowest BCUT2D eigenvalue weighted by Gasteiger charge is -2.13. The van der Waals surface area contributed by atoms with Gasteiger partial charge in [0.05, 0.1) is 24.3 Å². The summed E-state index contributed by atoms with van der Waals surface area (Å²) in [7, 11) is 3.00. The van der Waals surface area contributed by atoms with Gasteiger partial charge in [0.1, 0.15) is 17.1 Å². The summed E-state index contributed by atoms with van der Waals surface area (Å²) in [6.07, 6.45) is 3.43. The second-order valence-electron chi connectivity index (χ2n) is 6.98. The number of ether oxygens (including phenoxy) is 1. The predicted molar refractivity (Wildman–Crippen MR) is 102 cm³/mol. The topological polar surface area (TPSA) is 100 Å². The predicted octanol–water partition coefficient (Wildman–Crippen LogP) is 0.589. The van der Waals surface area contributed by atoms with E-state index in [4.69, 9.17) is 9.15 Å². The van der Waals surface area contributed by atoms with Gasteiger partial charge in [-0.2, -0.15) is 0 Å². The number of aromatic nitrogens is 3. The summed E-state index contributed by atoms with van der Waals surface area (Å²) in [6, 6.07) is 5.06. The normalized spacial score (nSPS) is 16.7. The number of aryl methyl sites for hydroxylation is 1. The summed E-state index contributed by atoms with van der Waals surface area (Å²) in [5, 5.41) is 3.18. The van der Waals surface area contributed by atoms with Crippen LogP contribution in [0, 0.1) is 0 Å². The Balaban J connectivity index is 1.80. The molecule has 0 aliphatic carbocycles. The Hall–Kier alpha value is -3.07. The summed E-state index contributed by atoms with van der Waals surface area (Å²) in [5.41, 5.74) is -0.221. The van der Waals surface area contributed by atoms with Crippen molar-refractivity contribution in [1.82, 2.24) is 19.0 Å². The molecule has 1 amide bonds. The SMILES string of the molecule is Cn1c(=O)c2cc(C(=O)NC[C@@H]3CCCO3)n(Cc3ccco3)c2n(C)c1=O. The molecule has 28 heavy (non-hydrogen) atoms. The van der Waals surface area contributed by atoms with E-state index in [-0.39, 0.29) is 18.6 Å². The van der Waals surface area contributed by atoms with Crippen molar-refractivity contribution in [2.45, 2.75) is 25.5 Å². The number of rotatable bonds is 5. The van der Waals surface area contributed by atoms with Gasteiger partial charge in [-0.1, -0.05) is 0 Å². The number of hydrogen-bond acceptors (Lipinski definition) is 5. The first-order chi connectivity index (χ1) is 13.5. The zero-order valence-corrected chi connectivity index (χ0v) is 15.8. The van der Waals surface area contributed by atoms with Crippen molar-refractivity contribution < 1.29 is 13.9 Å². The Morgan fingerprint density at radius 3 is 2.79 bits per heavy atom. The molecule has 1 aliphatic rings. The largest absolute Gasteiger partial charge is 0.467 e. The smallest absolute Gasteiger partial charge is 0.332 e. The fourth-order valence-corrected chi connectivity index (χ4v) is 3.65. The van der Waals surface area contributed by atoms with Crippen molar-refractivity contribution in [2.75, 3.05) is 13.2 Å². The molecule has 0 unspecified atom stereocenters. The number of carbonyl (C=O) groups is 1. The average molecular weight is 386 g/mol. The van der Waals surface area contributed by atoms with E-state index in [1.807, 2.05) is 0 Å². The number of carbonyl (C=O) groups excluding carboxylic acids is 1.